The highest BCUT2D eigenvalue weighted by atomic mass is 16.5. The van der Waals surface area contributed by atoms with Gasteiger partial charge in [-0.25, -0.2) is 4.79 Å². The summed E-state index contributed by atoms with van der Waals surface area (Å²) in [6.07, 6.45) is 3.78. The first-order chi connectivity index (χ1) is 16.9. The highest BCUT2D eigenvalue weighted by Gasteiger charge is 2.73. The standard InChI is InChI=1S/C30H35NO4/c1-5-34-27(32)25-20(3)31(4)29(19-22-13-10-11-18-24(22)29)30(28(33)35-6-2,23-16-8-7-9-17-23)26(25)21-14-12-15-21/h7-11,13,16-18,21,26H,5-6,12,14-15,19H2,1-4H3/t26-,29-,30+/m0/s1. The van der Waals surface area contributed by atoms with Crippen LogP contribution in [0.2, 0.25) is 0 Å². The second-order valence-corrected chi connectivity index (χ2v) is 10.0. The molecule has 0 saturated heterocycles. The van der Waals surface area contributed by atoms with Crippen LogP contribution in [0.3, 0.4) is 0 Å². The molecule has 3 atom stereocenters. The molecule has 2 aliphatic carbocycles. The molecule has 0 amide bonds. The predicted octanol–water partition coefficient (Wildman–Crippen LogP) is 5.14. The van der Waals surface area contributed by atoms with Gasteiger partial charge in [0.2, 0.25) is 0 Å². The van der Waals surface area contributed by atoms with Gasteiger partial charge in [-0.1, -0.05) is 61.0 Å². The van der Waals surface area contributed by atoms with Crippen molar-refractivity contribution in [1.29, 1.82) is 0 Å². The Kier molecular flexibility index (Phi) is 5.98. The molecule has 5 heteroatoms. The molecule has 5 nitrogen and oxygen atoms in total. The summed E-state index contributed by atoms with van der Waals surface area (Å²) >= 11 is 0. The number of allylic oxidation sites excluding steroid dienone is 1. The largest absolute Gasteiger partial charge is 0.465 e. The van der Waals surface area contributed by atoms with Crippen molar-refractivity contribution in [1.82, 2.24) is 4.90 Å². The van der Waals surface area contributed by atoms with Gasteiger partial charge < -0.3 is 14.4 Å². The molecule has 1 fully saturated rings. The van der Waals surface area contributed by atoms with Crippen LogP contribution in [0, 0.1) is 11.8 Å². The lowest BCUT2D eigenvalue weighted by atomic mass is 9.43. The molecule has 0 bridgehead atoms. The zero-order valence-electron chi connectivity index (χ0n) is 21.2. The van der Waals surface area contributed by atoms with Gasteiger partial charge >= 0.3 is 11.9 Å². The SMILES string of the molecule is CCOC(=O)C1=C(C)N(C)[C@]2(Cc3ccccc32)[C@](C(=O)OCC)(c2ccccc2)[C@H]1C1CCC1. The highest BCUT2D eigenvalue weighted by Crippen LogP contribution is 2.66. The van der Waals surface area contributed by atoms with Crippen LogP contribution < -0.4 is 0 Å². The molecule has 0 N–H and O–H groups in total. The molecule has 2 aromatic rings. The summed E-state index contributed by atoms with van der Waals surface area (Å²) in [4.78, 5) is 30.3. The number of carbonyl (C=O) groups is 2. The maximum atomic E-state index is 14.5. The van der Waals surface area contributed by atoms with E-state index in [4.69, 9.17) is 9.47 Å². The summed E-state index contributed by atoms with van der Waals surface area (Å²) in [5.74, 6) is -0.701. The Balaban J connectivity index is 1.90. The second-order valence-electron chi connectivity index (χ2n) is 10.0. The molecule has 5 rings (SSSR count). The maximum Gasteiger partial charge on any atom is 0.336 e. The Bertz CT molecular complexity index is 1170. The van der Waals surface area contributed by atoms with Crippen molar-refractivity contribution in [3.8, 4) is 0 Å². The number of hydrogen-bond acceptors (Lipinski definition) is 5. The lowest BCUT2D eigenvalue weighted by molar-refractivity contribution is -0.169. The molecule has 0 aromatic heterocycles. The first-order valence-corrected chi connectivity index (χ1v) is 12.9. The fraction of sp³-hybridized carbons (Fsp3) is 0.467. The van der Waals surface area contributed by atoms with Gasteiger partial charge in [-0.2, -0.15) is 0 Å². The average Bonchev–Trinajstić information content (AvgIpc) is 2.81. The van der Waals surface area contributed by atoms with E-state index in [9.17, 15) is 9.59 Å². The molecule has 1 saturated carbocycles. The number of carbonyl (C=O) groups excluding carboxylic acids is 2. The minimum Gasteiger partial charge on any atom is -0.465 e. The molecular formula is C30H35NO4. The topological polar surface area (TPSA) is 55.8 Å². The Morgan fingerprint density at radius 1 is 0.971 bits per heavy atom. The third-order valence-electron chi connectivity index (χ3n) is 8.75. The smallest absolute Gasteiger partial charge is 0.336 e. The van der Waals surface area contributed by atoms with Gasteiger partial charge in [-0.05, 0) is 56.2 Å². The van der Waals surface area contributed by atoms with Crippen molar-refractivity contribution in [3.05, 3.63) is 82.6 Å². The zero-order valence-corrected chi connectivity index (χ0v) is 21.2. The number of nitrogens with zero attached hydrogens (tertiary/aromatic N) is 1. The Labute approximate surface area is 208 Å². The fourth-order valence-corrected chi connectivity index (χ4v) is 7.05. The monoisotopic (exact) mass is 473 g/mol. The van der Waals surface area contributed by atoms with Crippen LogP contribution in [-0.4, -0.2) is 37.1 Å². The summed E-state index contributed by atoms with van der Waals surface area (Å²) in [7, 11) is 2.03. The molecule has 1 heterocycles. The van der Waals surface area contributed by atoms with Gasteiger partial charge in [0.05, 0.1) is 24.3 Å². The number of ether oxygens (including phenoxy) is 2. The molecule has 184 valence electrons. The normalized spacial score (nSPS) is 27.7. The van der Waals surface area contributed by atoms with Crippen LogP contribution in [0.1, 0.15) is 56.7 Å². The molecule has 35 heavy (non-hydrogen) atoms. The number of benzene rings is 2. The van der Waals surface area contributed by atoms with E-state index in [0.717, 1.165) is 36.1 Å². The van der Waals surface area contributed by atoms with Gasteiger partial charge in [-0.15, -0.1) is 0 Å². The fourth-order valence-electron chi connectivity index (χ4n) is 7.05. The maximum absolute atomic E-state index is 14.5. The van der Waals surface area contributed by atoms with E-state index >= 15 is 0 Å². The zero-order chi connectivity index (χ0) is 24.8. The second kappa shape index (κ2) is 8.85. The summed E-state index contributed by atoms with van der Waals surface area (Å²) in [6.45, 7) is 6.28. The Morgan fingerprint density at radius 3 is 2.23 bits per heavy atom. The quantitative estimate of drug-likeness (QED) is 0.544. The van der Waals surface area contributed by atoms with E-state index in [1.54, 1.807) is 0 Å². The molecule has 0 unspecified atom stereocenters. The first-order valence-electron chi connectivity index (χ1n) is 12.9. The summed E-state index contributed by atoms with van der Waals surface area (Å²) in [5, 5.41) is 0. The van der Waals surface area contributed by atoms with Gasteiger partial charge in [0.15, 0.2) is 0 Å². The van der Waals surface area contributed by atoms with E-state index in [1.807, 2.05) is 64.2 Å². The summed E-state index contributed by atoms with van der Waals surface area (Å²) in [5.41, 5.74) is 3.08. The van der Waals surface area contributed by atoms with Crippen molar-refractivity contribution in [2.45, 2.75) is 57.4 Å². The minimum atomic E-state index is -1.08. The number of rotatable bonds is 6. The van der Waals surface area contributed by atoms with Gasteiger partial charge in [0.1, 0.15) is 5.41 Å². The van der Waals surface area contributed by atoms with E-state index in [2.05, 4.69) is 23.1 Å². The van der Waals surface area contributed by atoms with E-state index in [0.29, 0.717) is 18.6 Å². The molecule has 1 aliphatic heterocycles. The van der Waals surface area contributed by atoms with E-state index in [-0.39, 0.29) is 30.4 Å². The van der Waals surface area contributed by atoms with Crippen LogP contribution in [0.5, 0.6) is 0 Å². The van der Waals surface area contributed by atoms with Crippen molar-refractivity contribution in [2.75, 3.05) is 20.3 Å². The Morgan fingerprint density at radius 2 is 1.63 bits per heavy atom. The van der Waals surface area contributed by atoms with E-state index in [1.165, 1.54) is 5.56 Å². The van der Waals surface area contributed by atoms with Crippen molar-refractivity contribution in [3.63, 3.8) is 0 Å². The number of fused-ring (bicyclic) bond motifs is 2. The number of likely N-dealkylation sites (N-methyl/N-ethyl adjacent to an activating group) is 1. The van der Waals surface area contributed by atoms with Crippen molar-refractivity contribution < 1.29 is 19.1 Å². The minimum absolute atomic E-state index is 0.201. The molecular weight excluding hydrogens is 438 g/mol. The van der Waals surface area contributed by atoms with Crippen LogP contribution in [0.25, 0.3) is 0 Å². The van der Waals surface area contributed by atoms with Crippen LogP contribution in [0.15, 0.2) is 65.9 Å². The van der Waals surface area contributed by atoms with Gasteiger partial charge in [-0.3, -0.25) is 4.79 Å². The molecule has 2 aromatic carbocycles. The van der Waals surface area contributed by atoms with E-state index < -0.39 is 11.0 Å². The van der Waals surface area contributed by atoms with Crippen molar-refractivity contribution >= 4 is 11.9 Å². The molecule has 3 aliphatic rings. The third-order valence-corrected chi connectivity index (χ3v) is 8.75. The first kappa shape index (κ1) is 23.7. The molecule has 0 radical (unpaired) electrons. The lowest BCUT2D eigenvalue weighted by Crippen LogP contribution is -2.73. The summed E-state index contributed by atoms with van der Waals surface area (Å²) in [6, 6.07) is 18.4. The van der Waals surface area contributed by atoms with Gasteiger partial charge in [0, 0.05) is 25.1 Å². The van der Waals surface area contributed by atoms with Gasteiger partial charge in [0.25, 0.3) is 0 Å². The number of esters is 2. The van der Waals surface area contributed by atoms with Crippen LogP contribution in [-0.2, 0) is 36.4 Å². The number of hydrogen-bond donors (Lipinski definition) is 0. The highest BCUT2D eigenvalue weighted by molar-refractivity contribution is 5.96. The third kappa shape index (κ3) is 3.06. The average molecular weight is 474 g/mol. The van der Waals surface area contributed by atoms with Crippen molar-refractivity contribution in [2.24, 2.45) is 11.8 Å². The van der Waals surface area contributed by atoms with Crippen LogP contribution >= 0.6 is 0 Å². The lowest BCUT2D eigenvalue weighted by Gasteiger charge is -2.66. The Hall–Kier alpha value is -3.08. The van der Waals surface area contributed by atoms with Crippen LogP contribution in [0.4, 0.5) is 0 Å². The predicted molar refractivity (Wildman–Crippen MR) is 135 cm³/mol. The molecule has 1 spiro atoms. The summed E-state index contributed by atoms with van der Waals surface area (Å²) < 4.78 is 11.6.